The molecule has 0 unspecified atom stereocenters. The van der Waals surface area contributed by atoms with Gasteiger partial charge in [-0.1, -0.05) is 42.0 Å². The second-order valence-electron chi connectivity index (χ2n) is 8.24. The van der Waals surface area contributed by atoms with Crippen LogP contribution < -0.4 is 20.0 Å². The summed E-state index contributed by atoms with van der Waals surface area (Å²) in [5.74, 6) is 0.470. The van der Waals surface area contributed by atoms with Crippen molar-refractivity contribution < 1.29 is 19.4 Å². The Morgan fingerprint density at radius 2 is 1.88 bits per heavy atom. The van der Waals surface area contributed by atoms with Crippen molar-refractivity contribution in [3.63, 3.8) is 0 Å². The molecule has 0 fully saturated rings. The molecule has 2 aromatic rings. The fraction of sp³-hybridized carbons (Fsp3) is 0.308. The number of ether oxygens (including phenoxy) is 2. The lowest BCUT2D eigenvalue weighted by Crippen LogP contribution is -2.31. The van der Waals surface area contributed by atoms with E-state index < -0.39 is 11.4 Å². The predicted molar refractivity (Wildman–Crippen MR) is 136 cm³/mol. The van der Waals surface area contributed by atoms with E-state index in [2.05, 4.69) is 10.5 Å². The molecule has 0 aliphatic heterocycles. The lowest BCUT2D eigenvalue weighted by molar-refractivity contribution is -0.142. The highest BCUT2D eigenvalue weighted by atomic mass is 35.5. The molecule has 1 aliphatic carbocycles. The Balaban J connectivity index is 1.55. The zero-order valence-electron chi connectivity index (χ0n) is 19.6. The van der Waals surface area contributed by atoms with Crippen molar-refractivity contribution >= 4 is 29.0 Å². The van der Waals surface area contributed by atoms with Crippen LogP contribution in [0.4, 0.5) is 5.69 Å². The molecule has 0 saturated carbocycles. The number of hydrazone groups is 1. The molecular formula is C26H30ClN3O4. The summed E-state index contributed by atoms with van der Waals surface area (Å²) in [5.41, 5.74) is 4.47. The van der Waals surface area contributed by atoms with Crippen LogP contribution in [0.2, 0.25) is 5.02 Å². The zero-order chi connectivity index (χ0) is 24.6. The van der Waals surface area contributed by atoms with Crippen LogP contribution in [-0.4, -0.2) is 37.0 Å². The topological polar surface area (TPSA) is 83.4 Å². The molecule has 1 aliphatic rings. The third-order valence-corrected chi connectivity index (χ3v) is 5.61. The van der Waals surface area contributed by atoms with E-state index in [0.29, 0.717) is 41.8 Å². The number of carboxylic acids is 1. The number of carbonyl (C=O) groups is 1. The molecule has 8 heteroatoms. The van der Waals surface area contributed by atoms with Crippen LogP contribution in [0, 0.1) is 0 Å². The minimum Gasteiger partial charge on any atom is -0.493 e. The van der Waals surface area contributed by atoms with Crippen molar-refractivity contribution in [3.05, 3.63) is 77.4 Å². The van der Waals surface area contributed by atoms with Gasteiger partial charge in [0.1, 0.15) is 17.2 Å². The van der Waals surface area contributed by atoms with Gasteiger partial charge in [0.25, 0.3) is 0 Å². The molecule has 3 rings (SSSR count). The molecule has 0 amide bonds. The number of nitrogens with one attached hydrogen (secondary N) is 1. The molecule has 0 radical (unpaired) electrons. The number of allylic oxidation sites excluding steroid dienone is 4. The molecule has 180 valence electrons. The maximum Gasteiger partial charge on any atom is 0.313 e. The van der Waals surface area contributed by atoms with Gasteiger partial charge in [-0.2, -0.15) is 10.2 Å². The summed E-state index contributed by atoms with van der Waals surface area (Å²) in [7, 11) is 1.79. The summed E-state index contributed by atoms with van der Waals surface area (Å²) in [5, 5.41) is 16.2. The average Bonchev–Trinajstić information content (AvgIpc) is 2.84. The van der Waals surface area contributed by atoms with Crippen LogP contribution in [0.1, 0.15) is 32.3 Å². The van der Waals surface area contributed by atoms with Gasteiger partial charge in [0, 0.05) is 24.9 Å². The van der Waals surface area contributed by atoms with Crippen LogP contribution in [0.25, 0.3) is 0 Å². The number of halogens is 1. The van der Waals surface area contributed by atoms with Gasteiger partial charge < -0.3 is 14.6 Å². The Bertz CT molecular complexity index is 1080. The highest BCUT2D eigenvalue weighted by molar-refractivity contribution is 6.31. The Morgan fingerprint density at radius 1 is 1.15 bits per heavy atom. The number of hydrogen-bond donors (Lipinski definition) is 2. The maximum atomic E-state index is 11.4. The SMILES string of the molecule is CNN(/N=C1/C=CC=CC1)c1cc(Cl)ccc1OCCCOc1ccc(C(C)(C)C(=O)O)cc1. The molecule has 34 heavy (non-hydrogen) atoms. The number of rotatable bonds is 11. The molecule has 0 saturated heterocycles. The summed E-state index contributed by atoms with van der Waals surface area (Å²) < 4.78 is 11.8. The van der Waals surface area contributed by atoms with Crippen molar-refractivity contribution in [2.24, 2.45) is 5.10 Å². The van der Waals surface area contributed by atoms with Gasteiger partial charge in [-0.15, -0.1) is 0 Å². The molecule has 0 spiro atoms. The Hall–Kier alpha value is -3.29. The minimum atomic E-state index is -0.946. The Morgan fingerprint density at radius 3 is 2.53 bits per heavy atom. The van der Waals surface area contributed by atoms with Gasteiger partial charge in [-0.05, 0) is 55.8 Å². The van der Waals surface area contributed by atoms with Crippen LogP contribution in [0.3, 0.4) is 0 Å². The number of hydrazine groups is 1. The first kappa shape index (κ1) is 25.3. The van der Waals surface area contributed by atoms with E-state index in [1.54, 1.807) is 62.4 Å². The zero-order valence-corrected chi connectivity index (χ0v) is 20.4. The average molecular weight is 484 g/mol. The highest BCUT2D eigenvalue weighted by Gasteiger charge is 2.29. The van der Waals surface area contributed by atoms with Gasteiger partial charge in [0.2, 0.25) is 0 Å². The molecule has 0 atom stereocenters. The standard InChI is InChI=1S/C26H30ClN3O4/c1-26(2,25(31)32)19-10-13-22(14-11-19)33-16-7-17-34-24-15-12-20(27)18-23(24)30(28-3)29-21-8-5-4-6-9-21/h4-6,8,10-15,18,28H,7,9,16-17H2,1-3H3,(H,31,32)/b29-21-. The first-order chi connectivity index (χ1) is 16.3. The van der Waals surface area contributed by atoms with Crippen molar-refractivity contribution in [3.8, 4) is 11.5 Å². The second kappa shape index (κ2) is 11.7. The Kier molecular flexibility index (Phi) is 8.73. The van der Waals surface area contributed by atoms with E-state index in [1.165, 1.54) is 0 Å². The van der Waals surface area contributed by atoms with Crippen LogP contribution in [0.5, 0.6) is 11.5 Å². The van der Waals surface area contributed by atoms with Gasteiger partial charge in [-0.25, -0.2) is 5.43 Å². The van der Waals surface area contributed by atoms with E-state index in [0.717, 1.165) is 17.7 Å². The van der Waals surface area contributed by atoms with Gasteiger partial charge >= 0.3 is 5.97 Å². The molecule has 2 aromatic carbocycles. The van der Waals surface area contributed by atoms with E-state index in [1.807, 2.05) is 30.4 Å². The van der Waals surface area contributed by atoms with Gasteiger partial charge in [0.05, 0.1) is 24.3 Å². The molecule has 2 N–H and O–H groups in total. The van der Waals surface area contributed by atoms with E-state index in [9.17, 15) is 9.90 Å². The smallest absolute Gasteiger partial charge is 0.313 e. The molecule has 0 bridgehead atoms. The minimum absolute atomic E-state index is 0.440. The fourth-order valence-electron chi connectivity index (χ4n) is 3.23. The fourth-order valence-corrected chi connectivity index (χ4v) is 3.40. The summed E-state index contributed by atoms with van der Waals surface area (Å²) in [6.45, 7) is 4.25. The first-order valence-corrected chi connectivity index (χ1v) is 11.5. The third-order valence-electron chi connectivity index (χ3n) is 5.38. The normalized spacial score (nSPS) is 14.3. The molecular weight excluding hydrogens is 454 g/mol. The van der Waals surface area contributed by atoms with Gasteiger partial charge in [0.15, 0.2) is 0 Å². The number of hydrogen-bond acceptors (Lipinski definition) is 6. The van der Waals surface area contributed by atoms with Crippen molar-refractivity contribution in [1.29, 1.82) is 0 Å². The van der Waals surface area contributed by atoms with E-state index >= 15 is 0 Å². The lowest BCUT2D eigenvalue weighted by Gasteiger charge is -2.22. The summed E-state index contributed by atoms with van der Waals surface area (Å²) >= 11 is 6.23. The molecule has 7 nitrogen and oxygen atoms in total. The largest absolute Gasteiger partial charge is 0.493 e. The quantitative estimate of drug-likeness (QED) is 0.330. The number of anilines is 1. The van der Waals surface area contributed by atoms with Crippen LogP contribution >= 0.6 is 11.6 Å². The maximum absolute atomic E-state index is 11.4. The molecule has 0 aromatic heterocycles. The van der Waals surface area contributed by atoms with E-state index in [4.69, 9.17) is 21.1 Å². The number of aliphatic carboxylic acids is 1. The summed E-state index contributed by atoms with van der Waals surface area (Å²) in [6, 6.07) is 12.5. The summed E-state index contributed by atoms with van der Waals surface area (Å²) in [6.07, 6.45) is 9.35. The van der Waals surface area contributed by atoms with Crippen LogP contribution in [0.15, 0.2) is 71.9 Å². The highest BCUT2D eigenvalue weighted by Crippen LogP contribution is 2.31. The predicted octanol–water partition coefficient (Wildman–Crippen LogP) is 5.36. The first-order valence-electron chi connectivity index (χ1n) is 11.1. The van der Waals surface area contributed by atoms with E-state index in [-0.39, 0.29) is 0 Å². The van der Waals surface area contributed by atoms with Crippen molar-refractivity contribution in [2.75, 3.05) is 25.4 Å². The summed E-state index contributed by atoms with van der Waals surface area (Å²) in [4.78, 5) is 11.4. The van der Waals surface area contributed by atoms with Crippen molar-refractivity contribution in [2.45, 2.75) is 32.1 Å². The Labute approximate surface area is 205 Å². The third kappa shape index (κ3) is 6.62. The van der Waals surface area contributed by atoms with Gasteiger partial charge in [-0.3, -0.25) is 4.79 Å². The molecule has 0 heterocycles. The number of benzene rings is 2. The van der Waals surface area contributed by atoms with Crippen LogP contribution in [-0.2, 0) is 10.2 Å². The van der Waals surface area contributed by atoms with Crippen molar-refractivity contribution in [1.82, 2.24) is 5.43 Å². The second-order valence-corrected chi connectivity index (χ2v) is 8.67. The monoisotopic (exact) mass is 483 g/mol. The number of nitrogens with zero attached hydrogens (tertiary/aromatic N) is 2. The number of carboxylic acid groups (broad SMARTS) is 1. The lowest BCUT2D eigenvalue weighted by atomic mass is 9.85.